The lowest BCUT2D eigenvalue weighted by Gasteiger charge is -2.40. The Kier molecular flexibility index (Phi) is 3.34. The van der Waals surface area contributed by atoms with Crippen molar-refractivity contribution >= 4 is 11.8 Å². The molecule has 1 fully saturated rings. The lowest BCUT2D eigenvalue weighted by Crippen LogP contribution is -2.50. The lowest BCUT2D eigenvalue weighted by molar-refractivity contribution is 0.0147. The Hall–Kier alpha value is -1.71. The fourth-order valence-corrected chi connectivity index (χ4v) is 3.44. The van der Waals surface area contributed by atoms with Crippen molar-refractivity contribution in [3.63, 3.8) is 0 Å². The van der Waals surface area contributed by atoms with Crippen LogP contribution in [0.4, 0.5) is 10.5 Å². The number of piperidine rings is 1. The molecular weight excluding hydrogens is 264 g/mol. The van der Waals surface area contributed by atoms with Gasteiger partial charge < -0.3 is 15.0 Å². The van der Waals surface area contributed by atoms with Gasteiger partial charge in [0.05, 0.1) is 0 Å². The maximum Gasteiger partial charge on any atom is 0.410 e. The molecule has 1 atom stereocenters. The monoisotopic (exact) mass is 288 g/mol. The highest BCUT2D eigenvalue weighted by Gasteiger charge is 2.43. The maximum atomic E-state index is 12.3. The van der Waals surface area contributed by atoms with Gasteiger partial charge >= 0.3 is 6.09 Å². The van der Waals surface area contributed by atoms with E-state index < -0.39 is 5.60 Å². The van der Waals surface area contributed by atoms with Crippen molar-refractivity contribution in [1.29, 1.82) is 0 Å². The summed E-state index contributed by atoms with van der Waals surface area (Å²) in [5, 5.41) is 3.49. The zero-order valence-corrected chi connectivity index (χ0v) is 13.1. The van der Waals surface area contributed by atoms with Gasteiger partial charge in [-0.1, -0.05) is 18.2 Å². The van der Waals surface area contributed by atoms with Crippen LogP contribution in [0.3, 0.4) is 0 Å². The van der Waals surface area contributed by atoms with Gasteiger partial charge in [0.25, 0.3) is 0 Å². The number of hydrogen-bond donors (Lipinski definition) is 1. The zero-order chi connectivity index (χ0) is 15.1. The first-order chi connectivity index (χ1) is 9.90. The van der Waals surface area contributed by atoms with Crippen molar-refractivity contribution in [3.05, 3.63) is 29.8 Å². The molecule has 0 bridgehead atoms. The van der Waals surface area contributed by atoms with Crippen LogP contribution in [0.1, 0.15) is 39.2 Å². The van der Waals surface area contributed by atoms with E-state index in [0.717, 1.165) is 32.5 Å². The largest absolute Gasteiger partial charge is 0.444 e. The summed E-state index contributed by atoms with van der Waals surface area (Å²) in [6.07, 6.45) is 1.96. The molecule has 21 heavy (non-hydrogen) atoms. The maximum absolute atomic E-state index is 12.3. The molecular formula is C17H24N2O2. The molecule has 1 unspecified atom stereocenters. The quantitative estimate of drug-likeness (QED) is 0.795. The molecule has 1 N–H and O–H groups in total. The second kappa shape index (κ2) is 4.93. The fourth-order valence-electron chi connectivity index (χ4n) is 3.44. The van der Waals surface area contributed by atoms with Crippen LogP contribution in [0.2, 0.25) is 0 Å². The molecule has 0 aromatic heterocycles. The number of benzene rings is 1. The minimum absolute atomic E-state index is 0.0474. The number of rotatable bonds is 0. The Labute approximate surface area is 126 Å². The Morgan fingerprint density at radius 3 is 2.86 bits per heavy atom. The number of ether oxygens (including phenoxy) is 1. The second-order valence-corrected chi connectivity index (χ2v) is 7.18. The third kappa shape index (κ3) is 2.71. The molecule has 1 aromatic carbocycles. The standard InChI is InChI=1S/C17H24N2O2/c1-16(2,3)21-15(20)19-10-6-9-17(12-19)11-18-14-8-5-4-7-13(14)17/h4-5,7-8,18H,6,9-12H2,1-3H3. The normalized spacial score (nSPS) is 24.6. The number of nitrogens with zero attached hydrogens (tertiary/aromatic N) is 1. The van der Waals surface area contributed by atoms with Crippen LogP contribution in [0, 0.1) is 0 Å². The van der Waals surface area contributed by atoms with Gasteiger partial charge in [-0.2, -0.15) is 0 Å². The summed E-state index contributed by atoms with van der Waals surface area (Å²) in [6, 6.07) is 8.45. The van der Waals surface area contributed by atoms with E-state index in [1.807, 2.05) is 25.7 Å². The van der Waals surface area contributed by atoms with Gasteiger partial charge in [-0.3, -0.25) is 0 Å². The molecule has 1 saturated heterocycles. The third-order valence-corrected chi connectivity index (χ3v) is 4.34. The van der Waals surface area contributed by atoms with Gasteiger partial charge in [-0.15, -0.1) is 0 Å². The summed E-state index contributed by atoms with van der Waals surface area (Å²) in [7, 11) is 0. The minimum Gasteiger partial charge on any atom is -0.444 e. The molecule has 2 heterocycles. The molecule has 4 heteroatoms. The van der Waals surface area contributed by atoms with Crippen molar-refractivity contribution in [2.75, 3.05) is 25.0 Å². The molecule has 0 aliphatic carbocycles. The van der Waals surface area contributed by atoms with Crippen LogP contribution < -0.4 is 5.32 Å². The van der Waals surface area contributed by atoms with Crippen LogP contribution in [-0.2, 0) is 10.2 Å². The Bertz CT molecular complexity index is 546. The predicted octanol–water partition coefficient (Wildman–Crippen LogP) is 3.38. The summed E-state index contributed by atoms with van der Waals surface area (Å²) in [5.41, 5.74) is 2.17. The highest BCUT2D eigenvalue weighted by Crippen LogP contribution is 2.42. The van der Waals surface area contributed by atoms with Gasteiger partial charge in [0.15, 0.2) is 0 Å². The van der Waals surface area contributed by atoms with Gasteiger partial charge in [-0.25, -0.2) is 4.79 Å². The van der Waals surface area contributed by atoms with Crippen molar-refractivity contribution in [3.8, 4) is 0 Å². The SMILES string of the molecule is CC(C)(C)OC(=O)N1CCCC2(CNc3ccccc32)C1. The Morgan fingerprint density at radius 1 is 1.33 bits per heavy atom. The summed E-state index contributed by atoms with van der Waals surface area (Å²) in [5.74, 6) is 0. The van der Waals surface area contributed by atoms with E-state index >= 15 is 0 Å². The van der Waals surface area contributed by atoms with Crippen molar-refractivity contribution < 1.29 is 9.53 Å². The number of anilines is 1. The zero-order valence-electron chi connectivity index (χ0n) is 13.1. The average molecular weight is 288 g/mol. The molecule has 1 aromatic rings. The van der Waals surface area contributed by atoms with E-state index in [0.29, 0.717) is 0 Å². The van der Waals surface area contributed by atoms with E-state index in [1.165, 1.54) is 11.3 Å². The smallest absolute Gasteiger partial charge is 0.410 e. The van der Waals surface area contributed by atoms with Crippen molar-refractivity contribution in [2.45, 2.75) is 44.6 Å². The Balaban J connectivity index is 1.80. The topological polar surface area (TPSA) is 41.6 Å². The van der Waals surface area contributed by atoms with Crippen LogP contribution >= 0.6 is 0 Å². The van der Waals surface area contributed by atoms with Crippen LogP contribution in [0.25, 0.3) is 0 Å². The summed E-state index contributed by atoms with van der Waals surface area (Å²) >= 11 is 0. The number of para-hydroxylation sites is 1. The summed E-state index contributed by atoms with van der Waals surface area (Å²) in [6.45, 7) is 8.18. The van der Waals surface area contributed by atoms with Gasteiger partial charge in [-0.05, 0) is 45.2 Å². The van der Waals surface area contributed by atoms with Gasteiger partial charge in [0.1, 0.15) is 5.60 Å². The third-order valence-electron chi connectivity index (χ3n) is 4.34. The molecule has 1 amide bonds. The van der Waals surface area contributed by atoms with E-state index in [1.54, 1.807) is 0 Å². The highest BCUT2D eigenvalue weighted by atomic mass is 16.6. The average Bonchev–Trinajstić information content (AvgIpc) is 2.76. The van der Waals surface area contributed by atoms with E-state index in [-0.39, 0.29) is 11.5 Å². The number of amides is 1. The van der Waals surface area contributed by atoms with E-state index in [9.17, 15) is 4.79 Å². The number of hydrogen-bond acceptors (Lipinski definition) is 3. The van der Waals surface area contributed by atoms with E-state index in [2.05, 4.69) is 29.6 Å². The first-order valence-electron chi connectivity index (χ1n) is 7.71. The first kappa shape index (κ1) is 14.2. The van der Waals surface area contributed by atoms with Gasteiger partial charge in [0, 0.05) is 30.7 Å². The van der Waals surface area contributed by atoms with Crippen molar-refractivity contribution in [2.24, 2.45) is 0 Å². The highest BCUT2D eigenvalue weighted by molar-refractivity contribution is 5.69. The molecule has 4 nitrogen and oxygen atoms in total. The lowest BCUT2D eigenvalue weighted by atomic mass is 9.76. The fraction of sp³-hybridized carbons (Fsp3) is 0.588. The van der Waals surface area contributed by atoms with Gasteiger partial charge in [0.2, 0.25) is 0 Å². The van der Waals surface area contributed by atoms with Crippen LogP contribution in [-0.4, -0.2) is 36.2 Å². The molecule has 114 valence electrons. The van der Waals surface area contributed by atoms with Crippen molar-refractivity contribution in [1.82, 2.24) is 4.90 Å². The number of carbonyl (C=O) groups is 1. The molecule has 0 saturated carbocycles. The molecule has 3 rings (SSSR count). The number of carbonyl (C=O) groups excluding carboxylic acids is 1. The number of likely N-dealkylation sites (tertiary alicyclic amines) is 1. The molecule has 0 radical (unpaired) electrons. The second-order valence-electron chi connectivity index (χ2n) is 7.18. The molecule has 2 aliphatic heterocycles. The predicted molar refractivity (Wildman–Crippen MR) is 83.7 cm³/mol. The minimum atomic E-state index is -0.437. The summed E-state index contributed by atoms with van der Waals surface area (Å²) in [4.78, 5) is 14.2. The Morgan fingerprint density at radius 2 is 2.10 bits per heavy atom. The molecule has 1 spiro atoms. The van der Waals surface area contributed by atoms with Crippen LogP contribution in [0.5, 0.6) is 0 Å². The molecule has 2 aliphatic rings. The number of nitrogens with one attached hydrogen (secondary N) is 1. The van der Waals surface area contributed by atoms with E-state index in [4.69, 9.17) is 4.74 Å². The first-order valence-corrected chi connectivity index (χ1v) is 7.71. The van der Waals surface area contributed by atoms with Crippen LogP contribution in [0.15, 0.2) is 24.3 Å². The summed E-state index contributed by atoms with van der Waals surface area (Å²) < 4.78 is 5.53. The number of fused-ring (bicyclic) bond motifs is 2.